The van der Waals surface area contributed by atoms with Gasteiger partial charge in [-0.3, -0.25) is 19.4 Å². The molecular formula is C32H42F3N7O3S. The summed E-state index contributed by atoms with van der Waals surface area (Å²) in [5, 5.41) is 2.90. The third kappa shape index (κ3) is 7.73. The summed E-state index contributed by atoms with van der Waals surface area (Å²) in [5.74, 6) is 0.0276. The highest BCUT2D eigenvalue weighted by Gasteiger charge is 2.34. The van der Waals surface area contributed by atoms with Crippen molar-refractivity contribution < 1.29 is 22.7 Å². The number of aromatic nitrogens is 2. The van der Waals surface area contributed by atoms with Gasteiger partial charge < -0.3 is 30.3 Å². The Kier molecular flexibility index (Phi) is 11.2. The zero-order chi connectivity index (χ0) is 33.8. The number of aromatic amines is 1. The number of methoxy groups -OCH3 is 1. The number of aryl methyl sites for hydroxylation is 1. The molecule has 1 unspecified atom stereocenters. The molecule has 0 spiro atoms. The molecule has 3 aromatic heterocycles. The predicted molar refractivity (Wildman–Crippen MR) is 177 cm³/mol. The largest absolute Gasteiger partial charge is 0.496 e. The molecule has 2 aliphatic rings. The second kappa shape index (κ2) is 14.7. The summed E-state index contributed by atoms with van der Waals surface area (Å²) in [5.41, 5.74) is 12.4. The Morgan fingerprint density at radius 3 is 2.39 bits per heavy atom. The lowest BCUT2D eigenvalue weighted by Crippen LogP contribution is -2.49. The molecule has 4 N–H and O–H groups in total. The maximum Gasteiger partial charge on any atom is 0.401 e. The molecule has 0 bridgehead atoms. The fourth-order valence-electron chi connectivity index (χ4n) is 5.99. The van der Waals surface area contributed by atoms with E-state index >= 15 is 0 Å². The van der Waals surface area contributed by atoms with Crippen molar-refractivity contribution in [3.63, 3.8) is 0 Å². The zero-order valence-corrected chi connectivity index (χ0v) is 27.8. The number of pyridine rings is 2. The minimum atomic E-state index is -4.24. The summed E-state index contributed by atoms with van der Waals surface area (Å²) < 4.78 is 46.4. The van der Waals surface area contributed by atoms with Crippen molar-refractivity contribution in [2.75, 3.05) is 46.1 Å². The highest BCUT2D eigenvalue weighted by atomic mass is 32.1. The maximum atomic E-state index is 13.8. The summed E-state index contributed by atoms with van der Waals surface area (Å²) in [6.45, 7) is 8.13. The summed E-state index contributed by atoms with van der Waals surface area (Å²) in [4.78, 5) is 32.8. The standard InChI is InChI=1S/C31H38F3N7O3.CH4S/c1-18-6-7-25(38-37-18)22-8-9-41-26(22)15-23(29(42)35-16-24-27(44-5)14-19(2)36-30(24)43)20(3)28(41)21(4)40-12-10-39(11-13-40)17-31(32,33)34;1-2/h6-9,14-15,21,37-38H,10-13,16-17H2,1-5H3,(H,35,42)(H,36,43);2H,1H3. The smallest absolute Gasteiger partial charge is 0.401 e. The molecule has 1 fully saturated rings. The average Bonchev–Trinajstić information content (AvgIpc) is 3.44. The van der Waals surface area contributed by atoms with Gasteiger partial charge in [-0.05, 0) is 69.9 Å². The van der Waals surface area contributed by atoms with Gasteiger partial charge in [0.25, 0.3) is 11.5 Å². The number of nitrogens with zero attached hydrogens (tertiary/aromatic N) is 3. The fourth-order valence-corrected chi connectivity index (χ4v) is 5.99. The molecule has 1 amide bonds. The number of allylic oxidation sites excluding steroid dienone is 3. The number of carbonyl (C=O) groups is 1. The number of hydrogen-bond acceptors (Lipinski definition) is 8. The van der Waals surface area contributed by atoms with E-state index in [1.165, 1.54) is 12.0 Å². The SMILES string of the molecule is COc1cc(C)[nH]c(=O)c1CNC(=O)c1cc2c(C3=CC=C(C)NN3)ccn2c(C(C)N2CCN(CC(F)(F)F)CC2)c1C.CS. The molecule has 10 nitrogen and oxygen atoms in total. The number of nitrogens with one attached hydrogen (secondary N) is 4. The lowest BCUT2D eigenvalue weighted by Gasteiger charge is -2.39. The first-order chi connectivity index (χ1) is 21.9. The highest BCUT2D eigenvalue weighted by molar-refractivity contribution is 7.79. The van der Waals surface area contributed by atoms with E-state index in [4.69, 9.17) is 4.74 Å². The topological polar surface area (TPSA) is 106 Å². The minimum Gasteiger partial charge on any atom is -0.496 e. The fraction of sp³-hybridized carbons (Fsp3) is 0.438. The van der Waals surface area contributed by atoms with Crippen LogP contribution in [0.2, 0.25) is 0 Å². The van der Waals surface area contributed by atoms with Crippen LogP contribution < -0.4 is 26.5 Å². The number of H-pyrrole nitrogens is 1. The summed E-state index contributed by atoms with van der Waals surface area (Å²) in [6.07, 6.45) is 3.32. The average molecular weight is 662 g/mol. The molecule has 0 saturated carbocycles. The molecule has 5 rings (SSSR count). The van der Waals surface area contributed by atoms with Gasteiger partial charge in [-0.1, -0.05) is 0 Å². The van der Waals surface area contributed by atoms with Crippen molar-refractivity contribution in [2.24, 2.45) is 0 Å². The van der Waals surface area contributed by atoms with Gasteiger partial charge in [-0.2, -0.15) is 25.8 Å². The third-order valence-electron chi connectivity index (χ3n) is 8.31. The molecule has 1 saturated heterocycles. The summed E-state index contributed by atoms with van der Waals surface area (Å²) in [6, 6.07) is 5.31. The maximum absolute atomic E-state index is 13.8. The Morgan fingerprint density at radius 1 is 1.09 bits per heavy atom. The number of hydrazine groups is 1. The number of alkyl halides is 3. The van der Waals surface area contributed by atoms with Crippen LogP contribution in [0.3, 0.4) is 0 Å². The van der Waals surface area contributed by atoms with E-state index in [-0.39, 0.29) is 24.1 Å². The van der Waals surface area contributed by atoms with Gasteiger partial charge in [0.2, 0.25) is 0 Å². The number of ether oxygens (including phenoxy) is 1. The Balaban J connectivity index is 0.00000235. The predicted octanol–water partition coefficient (Wildman–Crippen LogP) is 4.32. The Morgan fingerprint density at radius 2 is 1.78 bits per heavy atom. The van der Waals surface area contributed by atoms with Crippen LogP contribution in [0.5, 0.6) is 5.75 Å². The van der Waals surface area contributed by atoms with Gasteiger partial charge in [0.1, 0.15) is 5.75 Å². The normalized spacial score (nSPS) is 16.4. The van der Waals surface area contributed by atoms with Gasteiger partial charge in [-0.15, -0.1) is 0 Å². The first-order valence-electron chi connectivity index (χ1n) is 14.9. The van der Waals surface area contributed by atoms with E-state index in [1.807, 2.05) is 51.3 Å². The van der Waals surface area contributed by atoms with Crippen molar-refractivity contribution >= 4 is 29.7 Å². The van der Waals surface area contributed by atoms with Crippen LogP contribution in [-0.2, 0) is 6.54 Å². The lowest BCUT2D eigenvalue weighted by atomic mass is 9.99. The molecule has 14 heteroatoms. The molecule has 0 aliphatic carbocycles. The lowest BCUT2D eigenvalue weighted by molar-refractivity contribution is -0.149. The van der Waals surface area contributed by atoms with E-state index < -0.39 is 12.7 Å². The van der Waals surface area contributed by atoms with Gasteiger partial charge in [-0.25, -0.2) is 0 Å². The second-order valence-electron chi connectivity index (χ2n) is 11.3. The minimum absolute atomic E-state index is 0.0388. The number of halogens is 3. The molecule has 1 atom stereocenters. The Hall–Kier alpha value is -3.88. The van der Waals surface area contributed by atoms with Gasteiger partial charge in [0.15, 0.2) is 0 Å². The van der Waals surface area contributed by atoms with Crippen LogP contribution in [0.15, 0.2) is 47.0 Å². The van der Waals surface area contributed by atoms with E-state index in [1.54, 1.807) is 19.2 Å². The van der Waals surface area contributed by atoms with Crippen LogP contribution in [0.4, 0.5) is 13.2 Å². The van der Waals surface area contributed by atoms with Crippen molar-refractivity contribution in [1.29, 1.82) is 0 Å². The molecule has 5 heterocycles. The molecule has 0 aromatic carbocycles. The van der Waals surface area contributed by atoms with Crippen LogP contribution in [0.25, 0.3) is 11.2 Å². The quantitative estimate of drug-likeness (QED) is 0.229. The molecule has 2 aliphatic heterocycles. The number of hydrogen-bond donors (Lipinski definition) is 5. The number of rotatable bonds is 8. The molecular weight excluding hydrogens is 619 g/mol. The molecule has 46 heavy (non-hydrogen) atoms. The van der Waals surface area contributed by atoms with Crippen LogP contribution >= 0.6 is 12.6 Å². The first kappa shape index (κ1) is 35.0. The number of piperazine rings is 1. The van der Waals surface area contributed by atoms with Crippen molar-refractivity contribution in [2.45, 2.75) is 46.5 Å². The van der Waals surface area contributed by atoms with E-state index in [0.717, 1.165) is 33.7 Å². The zero-order valence-electron chi connectivity index (χ0n) is 26.9. The van der Waals surface area contributed by atoms with Crippen molar-refractivity contribution in [1.82, 2.24) is 35.4 Å². The molecule has 3 aromatic rings. The van der Waals surface area contributed by atoms with Gasteiger partial charge >= 0.3 is 6.18 Å². The van der Waals surface area contributed by atoms with E-state index in [0.29, 0.717) is 48.7 Å². The molecule has 0 radical (unpaired) electrons. The van der Waals surface area contributed by atoms with Crippen LogP contribution in [0.1, 0.15) is 58.3 Å². The van der Waals surface area contributed by atoms with E-state index in [2.05, 4.69) is 43.1 Å². The van der Waals surface area contributed by atoms with Gasteiger partial charge in [0.05, 0.1) is 37.0 Å². The van der Waals surface area contributed by atoms with Crippen LogP contribution in [-0.4, -0.2) is 77.4 Å². The monoisotopic (exact) mass is 661 g/mol. The summed E-state index contributed by atoms with van der Waals surface area (Å²) in [7, 11) is 1.47. The van der Waals surface area contributed by atoms with Gasteiger partial charge in [0, 0.05) is 66.6 Å². The van der Waals surface area contributed by atoms with Crippen molar-refractivity contribution in [3.05, 3.63) is 86.2 Å². The number of carbonyl (C=O) groups excluding carboxylic acids is 1. The molecule has 250 valence electrons. The number of fused-ring (bicyclic) bond motifs is 1. The Labute approximate surface area is 272 Å². The second-order valence-corrected chi connectivity index (χ2v) is 11.3. The highest BCUT2D eigenvalue weighted by Crippen LogP contribution is 2.32. The third-order valence-corrected chi connectivity index (χ3v) is 8.31. The first-order valence-corrected chi connectivity index (χ1v) is 15.8. The van der Waals surface area contributed by atoms with Crippen molar-refractivity contribution in [3.8, 4) is 5.75 Å². The van der Waals surface area contributed by atoms with E-state index in [9.17, 15) is 22.8 Å². The van der Waals surface area contributed by atoms with Crippen LogP contribution in [0, 0.1) is 13.8 Å². The summed E-state index contributed by atoms with van der Waals surface area (Å²) >= 11 is 3.53. The Bertz CT molecular complexity index is 1690. The number of thiol groups is 1. The number of amides is 1.